The second kappa shape index (κ2) is 4.77. The van der Waals surface area contributed by atoms with E-state index in [0.29, 0.717) is 5.75 Å². The van der Waals surface area contributed by atoms with Crippen LogP contribution < -0.4 is 5.73 Å². The van der Waals surface area contributed by atoms with Crippen LogP contribution in [0.1, 0.15) is 71.4 Å². The Morgan fingerprint density at radius 3 is 2.20 bits per heavy atom. The van der Waals surface area contributed by atoms with E-state index in [1.807, 2.05) is 12.1 Å². The van der Waals surface area contributed by atoms with Crippen molar-refractivity contribution in [2.24, 2.45) is 11.1 Å². The van der Waals surface area contributed by atoms with Crippen LogP contribution in [-0.2, 0) is 11.0 Å². The summed E-state index contributed by atoms with van der Waals surface area (Å²) in [5.74, 6) is 0.350. The summed E-state index contributed by atoms with van der Waals surface area (Å²) >= 11 is 0. The van der Waals surface area contributed by atoms with Gasteiger partial charge in [-0.2, -0.15) is 0 Å². The first-order valence-electron chi connectivity index (χ1n) is 7.66. The van der Waals surface area contributed by atoms with Gasteiger partial charge in [-0.3, -0.25) is 0 Å². The molecule has 1 aromatic rings. The standard InChI is InChI=1S/C18H29NO/c1-16(2,3)12-17(4,5)13-7-8-15(20)14(11-13)18(19)9-6-10-18/h7-8,11,20H,6,9-10,12,19H2,1-5H3. The number of phenols is 1. The van der Waals surface area contributed by atoms with Crippen LogP contribution in [0.2, 0.25) is 0 Å². The van der Waals surface area contributed by atoms with E-state index in [1.165, 1.54) is 5.56 Å². The minimum atomic E-state index is -0.308. The molecule has 0 aromatic heterocycles. The molecule has 20 heavy (non-hydrogen) atoms. The lowest BCUT2D eigenvalue weighted by molar-refractivity contribution is 0.244. The molecule has 0 bridgehead atoms. The molecule has 2 heteroatoms. The van der Waals surface area contributed by atoms with Crippen molar-refractivity contribution in [2.75, 3.05) is 0 Å². The van der Waals surface area contributed by atoms with Crippen molar-refractivity contribution in [3.63, 3.8) is 0 Å². The molecular weight excluding hydrogens is 246 g/mol. The van der Waals surface area contributed by atoms with Crippen LogP contribution in [0.3, 0.4) is 0 Å². The highest BCUT2D eigenvalue weighted by atomic mass is 16.3. The zero-order valence-corrected chi connectivity index (χ0v) is 13.6. The molecule has 1 saturated carbocycles. The Bertz CT molecular complexity index is 493. The average Bonchev–Trinajstić information content (AvgIpc) is 2.23. The molecule has 1 aliphatic carbocycles. The van der Waals surface area contributed by atoms with E-state index in [1.54, 1.807) is 0 Å². The average molecular weight is 275 g/mol. The highest BCUT2D eigenvalue weighted by Gasteiger charge is 2.37. The zero-order valence-electron chi connectivity index (χ0n) is 13.6. The lowest BCUT2D eigenvalue weighted by Gasteiger charge is -2.40. The maximum absolute atomic E-state index is 10.2. The maximum atomic E-state index is 10.2. The summed E-state index contributed by atoms with van der Waals surface area (Å²) in [5.41, 5.74) is 8.67. The normalized spacial score (nSPS) is 18.7. The molecular formula is C18H29NO. The monoisotopic (exact) mass is 275 g/mol. The van der Waals surface area contributed by atoms with Gasteiger partial charge in [0.05, 0.1) is 0 Å². The Labute approximate surface area is 123 Å². The van der Waals surface area contributed by atoms with Gasteiger partial charge in [0.2, 0.25) is 0 Å². The molecule has 0 saturated heterocycles. The fourth-order valence-electron chi connectivity index (χ4n) is 3.61. The van der Waals surface area contributed by atoms with Crippen molar-refractivity contribution < 1.29 is 5.11 Å². The van der Waals surface area contributed by atoms with Crippen molar-refractivity contribution >= 4 is 0 Å². The first-order chi connectivity index (χ1) is 9.04. The fraction of sp³-hybridized carbons (Fsp3) is 0.667. The van der Waals surface area contributed by atoms with Crippen LogP contribution in [0.25, 0.3) is 0 Å². The summed E-state index contributed by atoms with van der Waals surface area (Å²) in [5, 5.41) is 10.2. The van der Waals surface area contributed by atoms with E-state index in [2.05, 4.69) is 40.7 Å². The molecule has 2 nitrogen and oxygen atoms in total. The summed E-state index contributed by atoms with van der Waals surface area (Å²) in [7, 11) is 0. The zero-order chi connectivity index (χ0) is 15.2. The predicted molar refractivity (Wildman–Crippen MR) is 84.9 cm³/mol. The van der Waals surface area contributed by atoms with Gasteiger partial charge in [-0.25, -0.2) is 0 Å². The summed E-state index contributed by atoms with van der Waals surface area (Å²) < 4.78 is 0. The minimum absolute atomic E-state index is 0.0841. The van der Waals surface area contributed by atoms with Gasteiger partial charge in [-0.1, -0.05) is 40.7 Å². The molecule has 0 aliphatic heterocycles. The van der Waals surface area contributed by atoms with E-state index in [0.717, 1.165) is 31.2 Å². The number of nitrogens with two attached hydrogens (primary N) is 1. The van der Waals surface area contributed by atoms with Crippen LogP contribution in [0.4, 0.5) is 0 Å². The Morgan fingerprint density at radius 2 is 1.75 bits per heavy atom. The van der Waals surface area contributed by atoms with Gasteiger partial charge in [-0.15, -0.1) is 0 Å². The van der Waals surface area contributed by atoms with Crippen molar-refractivity contribution in [3.05, 3.63) is 29.3 Å². The van der Waals surface area contributed by atoms with Crippen molar-refractivity contribution in [2.45, 2.75) is 71.3 Å². The second-order valence-corrected chi connectivity index (χ2v) is 8.36. The van der Waals surface area contributed by atoms with Crippen molar-refractivity contribution in [1.29, 1.82) is 0 Å². The number of aromatic hydroxyl groups is 1. The van der Waals surface area contributed by atoms with Gasteiger partial charge in [0.15, 0.2) is 0 Å². The third-order valence-corrected chi connectivity index (χ3v) is 4.53. The van der Waals surface area contributed by atoms with E-state index < -0.39 is 0 Å². The predicted octanol–water partition coefficient (Wildman–Crippen LogP) is 4.44. The van der Waals surface area contributed by atoms with Crippen LogP contribution in [0.15, 0.2) is 18.2 Å². The largest absolute Gasteiger partial charge is 0.508 e. The van der Waals surface area contributed by atoms with E-state index in [9.17, 15) is 5.11 Å². The van der Waals surface area contributed by atoms with E-state index >= 15 is 0 Å². The van der Waals surface area contributed by atoms with Gasteiger partial charge in [0.1, 0.15) is 5.75 Å². The third kappa shape index (κ3) is 3.01. The number of hydrogen-bond acceptors (Lipinski definition) is 2. The maximum Gasteiger partial charge on any atom is 0.120 e. The van der Waals surface area contributed by atoms with Crippen molar-refractivity contribution in [1.82, 2.24) is 0 Å². The molecule has 1 aliphatic rings. The highest BCUT2D eigenvalue weighted by molar-refractivity contribution is 5.44. The lowest BCUT2D eigenvalue weighted by Crippen LogP contribution is -2.43. The second-order valence-electron chi connectivity index (χ2n) is 8.36. The lowest BCUT2D eigenvalue weighted by atomic mass is 9.68. The molecule has 3 N–H and O–H groups in total. The van der Waals surface area contributed by atoms with Gasteiger partial charge in [-0.05, 0) is 54.2 Å². The summed E-state index contributed by atoms with van der Waals surface area (Å²) in [6.45, 7) is 11.4. The molecule has 112 valence electrons. The Balaban J connectivity index is 2.36. The van der Waals surface area contributed by atoms with Gasteiger partial charge < -0.3 is 10.8 Å². The SMILES string of the molecule is CC(C)(C)CC(C)(C)c1ccc(O)c(C2(N)CCC2)c1. The first-order valence-corrected chi connectivity index (χ1v) is 7.66. The molecule has 1 fully saturated rings. The van der Waals surface area contributed by atoms with E-state index in [4.69, 9.17) is 5.73 Å². The molecule has 0 unspecified atom stereocenters. The van der Waals surface area contributed by atoms with Crippen LogP contribution in [-0.4, -0.2) is 5.11 Å². The molecule has 1 aromatic carbocycles. The number of hydrogen-bond donors (Lipinski definition) is 2. The number of rotatable bonds is 3. The van der Waals surface area contributed by atoms with Gasteiger partial charge in [0, 0.05) is 11.1 Å². The summed E-state index contributed by atoms with van der Waals surface area (Å²) in [4.78, 5) is 0. The molecule has 0 radical (unpaired) electrons. The van der Waals surface area contributed by atoms with Gasteiger partial charge in [0.25, 0.3) is 0 Å². The first kappa shape index (κ1) is 15.4. The molecule has 0 heterocycles. The fourth-order valence-corrected chi connectivity index (χ4v) is 3.61. The Kier molecular flexibility index (Phi) is 3.66. The molecule has 0 spiro atoms. The van der Waals surface area contributed by atoms with Crippen molar-refractivity contribution in [3.8, 4) is 5.75 Å². The van der Waals surface area contributed by atoms with Crippen LogP contribution >= 0.6 is 0 Å². The Hall–Kier alpha value is -1.02. The number of phenolic OH excluding ortho intramolecular Hbond substituents is 1. The minimum Gasteiger partial charge on any atom is -0.508 e. The smallest absolute Gasteiger partial charge is 0.120 e. The molecule has 0 amide bonds. The van der Waals surface area contributed by atoms with Gasteiger partial charge >= 0.3 is 0 Å². The highest BCUT2D eigenvalue weighted by Crippen LogP contribution is 2.45. The topological polar surface area (TPSA) is 46.2 Å². The summed E-state index contributed by atoms with van der Waals surface area (Å²) in [6, 6.07) is 6.01. The quantitative estimate of drug-likeness (QED) is 0.856. The molecule has 2 rings (SSSR count). The third-order valence-electron chi connectivity index (χ3n) is 4.53. The van der Waals surface area contributed by atoms with Crippen LogP contribution in [0.5, 0.6) is 5.75 Å². The molecule has 0 atom stereocenters. The Morgan fingerprint density at radius 1 is 1.15 bits per heavy atom. The number of benzene rings is 1. The summed E-state index contributed by atoms with van der Waals surface area (Å²) in [6.07, 6.45) is 4.21. The van der Waals surface area contributed by atoms with Crippen LogP contribution in [0, 0.1) is 5.41 Å². The van der Waals surface area contributed by atoms with E-state index in [-0.39, 0.29) is 16.4 Å².